The Kier molecular flexibility index (Phi) is 8.22. The maximum absolute atomic E-state index is 10.7. The van der Waals surface area contributed by atoms with Gasteiger partial charge in [0, 0.05) is 0 Å². The van der Waals surface area contributed by atoms with Crippen LogP contribution in [0.3, 0.4) is 0 Å². The Morgan fingerprint density at radius 2 is 1.80 bits per heavy atom. The summed E-state index contributed by atoms with van der Waals surface area (Å²) in [5.41, 5.74) is 2.62. The van der Waals surface area contributed by atoms with E-state index in [1.807, 2.05) is 43.4 Å². The average Bonchev–Trinajstić information content (AvgIpc) is 2.37. The molecule has 0 radical (unpaired) electrons. The molecule has 20 heavy (non-hydrogen) atoms. The number of nitrogens with zero attached hydrogens (tertiary/aromatic N) is 1. The van der Waals surface area contributed by atoms with E-state index in [-0.39, 0.29) is 0 Å². The van der Waals surface area contributed by atoms with E-state index in [1.165, 1.54) is 5.47 Å². The lowest BCUT2D eigenvalue weighted by Gasteiger charge is -2.14. The van der Waals surface area contributed by atoms with Gasteiger partial charge in [0.25, 0.3) is 0 Å². The van der Waals surface area contributed by atoms with E-state index in [9.17, 15) is 4.91 Å². The summed E-state index contributed by atoms with van der Waals surface area (Å²) in [4.78, 5) is 10.7. The maximum atomic E-state index is 10.7. The molecule has 106 valence electrons. The highest BCUT2D eigenvalue weighted by Crippen LogP contribution is 2.19. The van der Waals surface area contributed by atoms with E-state index in [1.54, 1.807) is 19.9 Å². The van der Waals surface area contributed by atoms with Crippen molar-refractivity contribution in [3.05, 3.63) is 76.7 Å². The monoisotopic (exact) mass is 269 g/mol. The second-order valence-electron chi connectivity index (χ2n) is 5.37. The van der Waals surface area contributed by atoms with Crippen LogP contribution in [0.4, 0.5) is 0 Å². The minimum Gasteiger partial charge on any atom is -0.150 e. The van der Waals surface area contributed by atoms with Crippen LogP contribution in [-0.4, -0.2) is 13.4 Å². The van der Waals surface area contributed by atoms with Crippen LogP contribution in [0.2, 0.25) is 0 Å². The number of hydrogen-bond acceptors (Lipinski definition) is 2. The third kappa shape index (κ3) is 7.52. The lowest BCUT2D eigenvalue weighted by atomic mass is 9.95. The topological polar surface area (TPSA) is 29.4 Å². The first-order valence-electron chi connectivity index (χ1n) is 6.67. The van der Waals surface area contributed by atoms with E-state index in [0.717, 1.165) is 11.1 Å². The molecule has 0 fully saturated rings. The molecule has 0 aromatic carbocycles. The first-order valence-corrected chi connectivity index (χ1v) is 6.67. The molecule has 0 aliphatic heterocycles. The summed E-state index contributed by atoms with van der Waals surface area (Å²) >= 11 is 0. The lowest BCUT2D eigenvalue weighted by molar-refractivity contribution is 0.609. The Balaban J connectivity index is 4.80. The predicted molar refractivity (Wildman–Crippen MR) is 92.5 cm³/mol. The fourth-order valence-corrected chi connectivity index (χ4v) is 1.33. The zero-order chi connectivity index (χ0) is 15.6. The van der Waals surface area contributed by atoms with Crippen LogP contribution in [0.5, 0.6) is 0 Å². The van der Waals surface area contributed by atoms with Gasteiger partial charge in [-0.25, -0.2) is 0 Å². The van der Waals surface area contributed by atoms with Gasteiger partial charge in [-0.05, 0) is 31.9 Å². The largest absolute Gasteiger partial charge is 0.150 e. The van der Waals surface area contributed by atoms with E-state index >= 15 is 0 Å². The van der Waals surface area contributed by atoms with Crippen molar-refractivity contribution in [2.75, 3.05) is 0 Å². The summed E-state index contributed by atoms with van der Waals surface area (Å²) < 4.78 is 0. The van der Waals surface area contributed by atoms with Gasteiger partial charge >= 0.3 is 0 Å². The van der Waals surface area contributed by atoms with Crippen molar-refractivity contribution in [3.8, 4) is 0 Å². The number of hydrogen-bond donors (Lipinski definition) is 0. The fourth-order valence-electron chi connectivity index (χ4n) is 1.33. The molecule has 0 aromatic heterocycles. The Hall–Kier alpha value is -1.90. The summed E-state index contributed by atoms with van der Waals surface area (Å²) in [6.45, 7) is 11.3. The van der Waals surface area contributed by atoms with Gasteiger partial charge in [-0.1, -0.05) is 67.3 Å². The molecule has 0 aliphatic rings. The molecular formula is C17H24BNO. The molecule has 0 unspecified atom stereocenters. The Morgan fingerprint density at radius 3 is 2.30 bits per heavy atom. The van der Waals surface area contributed by atoms with Crippen molar-refractivity contribution in [2.24, 2.45) is 5.18 Å². The SMILES string of the molecule is B/C(C)=C/C(=C\C=C)/C=C/C=C\C=C(/C)C(C)(C)N=O. The molecule has 3 heteroatoms. The first kappa shape index (κ1) is 18.1. The maximum Gasteiger partial charge on any atom is 0.133 e. The summed E-state index contributed by atoms with van der Waals surface area (Å²) in [6.07, 6.45) is 15.5. The molecule has 0 heterocycles. The number of allylic oxidation sites excluding steroid dienone is 10. The minimum absolute atomic E-state index is 0.649. The zero-order valence-electron chi connectivity index (χ0n) is 13.2. The van der Waals surface area contributed by atoms with E-state index in [2.05, 4.69) is 32.6 Å². The van der Waals surface area contributed by atoms with Crippen LogP contribution < -0.4 is 0 Å². The normalized spacial score (nSPS) is 15.1. The standard InChI is InChI=1S/C17H24BNO/c1-6-10-16(13-15(3)18)12-9-7-8-11-14(2)17(4,5)19-20/h6-13H,1,18H2,2-5H3/b8-7-,12-9+,14-11+,15-13+,16-10-. The van der Waals surface area contributed by atoms with Crippen LogP contribution in [0.15, 0.2) is 77.0 Å². The molecule has 0 rings (SSSR count). The predicted octanol–water partition coefficient (Wildman–Crippen LogP) is 4.24. The average molecular weight is 269 g/mol. The van der Waals surface area contributed by atoms with Gasteiger partial charge in [-0.2, -0.15) is 0 Å². The lowest BCUT2D eigenvalue weighted by Crippen LogP contribution is -2.16. The van der Waals surface area contributed by atoms with Gasteiger partial charge in [0.2, 0.25) is 0 Å². The Morgan fingerprint density at radius 1 is 1.15 bits per heavy atom. The molecule has 0 aliphatic carbocycles. The summed E-state index contributed by atoms with van der Waals surface area (Å²) in [5, 5.41) is 3.11. The molecule has 2 nitrogen and oxygen atoms in total. The molecule has 0 amide bonds. The molecule has 0 atom stereocenters. The Bertz CT molecular complexity index is 487. The quantitative estimate of drug-likeness (QED) is 0.386. The highest BCUT2D eigenvalue weighted by molar-refractivity contribution is 6.21. The van der Waals surface area contributed by atoms with E-state index in [0.29, 0.717) is 0 Å². The molecule has 0 saturated heterocycles. The smallest absolute Gasteiger partial charge is 0.133 e. The van der Waals surface area contributed by atoms with E-state index < -0.39 is 5.54 Å². The van der Waals surface area contributed by atoms with Gasteiger partial charge in [-0.15, -0.1) is 10.4 Å². The second-order valence-corrected chi connectivity index (χ2v) is 5.37. The van der Waals surface area contributed by atoms with Gasteiger partial charge in [0.15, 0.2) is 0 Å². The van der Waals surface area contributed by atoms with Crippen LogP contribution in [0.25, 0.3) is 0 Å². The van der Waals surface area contributed by atoms with E-state index in [4.69, 9.17) is 0 Å². The third-order valence-electron chi connectivity index (χ3n) is 2.82. The molecule has 0 bridgehead atoms. The van der Waals surface area contributed by atoms with Crippen molar-refractivity contribution in [1.29, 1.82) is 0 Å². The second kappa shape index (κ2) is 9.08. The molecule has 0 N–H and O–H groups in total. The van der Waals surface area contributed by atoms with Gasteiger partial charge in [-0.3, -0.25) is 0 Å². The van der Waals surface area contributed by atoms with Crippen molar-refractivity contribution in [3.63, 3.8) is 0 Å². The van der Waals surface area contributed by atoms with Crippen molar-refractivity contribution in [2.45, 2.75) is 33.2 Å². The van der Waals surface area contributed by atoms with Crippen LogP contribution in [0, 0.1) is 4.91 Å². The summed E-state index contributed by atoms with van der Waals surface area (Å²) in [7, 11) is 2.06. The van der Waals surface area contributed by atoms with Gasteiger partial charge in [0.05, 0.1) is 0 Å². The van der Waals surface area contributed by atoms with Crippen molar-refractivity contribution in [1.82, 2.24) is 0 Å². The summed E-state index contributed by atoms with van der Waals surface area (Å²) in [6, 6.07) is 0. The van der Waals surface area contributed by atoms with Crippen LogP contribution in [-0.2, 0) is 0 Å². The highest BCUT2D eigenvalue weighted by Gasteiger charge is 2.19. The van der Waals surface area contributed by atoms with Gasteiger partial charge < -0.3 is 0 Å². The third-order valence-corrected chi connectivity index (χ3v) is 2.82. The molecule has 0 spiro atoms. The highest BCUT2D eigenvalue weighted by atomic mass is 16.3. The van der Waals surface area contributed by atoms with Crippen molar-refractivity contribution < 1.29 is 0 Å². The molecular weight excluding hydrogens is 245 g/mol. The molecule has 0 aromatic rings. The van der Waals surface area contributed by atoms with Crippen LogP contribution in [0.1, 0.15) is 27.7 Å². The zero-order valence-corrected chi connectivity index (χ0v) is 13.2. The Labute approximate surface area is 123 Å². The number of rotatable bonds is 7. The van der Waals surface area contributed by atoms with Crippen molar-refractivity contribution >= 4 is 7.85 Å². The van der Waals surface area contributed by atoms with Gasteiger partial charge in [0.1, 0.15) is 13.4 Å². The summed E-state index contributed by atoms with van der Waals surface area (Å²) in [5.74, 6) is 0. The van der Waals surface area contributed by atoms with Crippen LogP contribution >= 0.6 is 0 Å². The number of nitroso groups, excluding NO2 is 1. The minimum atomic E-state index is -0.649. The first-order chi connectivity index (χ1) is 9.33. The fraction of sp³-hybridized carbons (Fsp3) is 0.294. The molecule has 0 saturated carbocycles.